The van der Waals surface area contributed by atoms with Crippen molar-refractivity contribution in [3.8, 4) is 11.1 Å². The number of allylic oxidation sites excluding steroid dienone is 5. The second-order valence-electron chi connectivity index (χ2n) is 18.1. The van der Waals surface area contributed by atoms with Gasteiger partial charge < -0.3 is 0 Å². The van der Waals surface area contributed by atoms with Crippen LogP contribution in [0.15, 0.2) is 96.6 Å². The van der Waals surface area contributed by atoms with Gasteiger partial charge in [0.25, 0.3) is 0 Å². The zero-order valence-corrected chi connectivity index (χ0v) is 41.2. The van der Waals surface area contributed by atoms with Crippen molar-refractivity contribution in [3.63, 3.8) is 0 Å². The Balaban J connectivity index is 0.00000561. The first-order valence-corrected chi connectivity index (χ1v) is 26.0. The van der Waals surface area contributed by atoms with Gasteiger partial charge in [-0.2, -0.15) is 12.1 Å². The quantitative estimate of drug-likeness (QED) is 0.0915. The van der Waals surface area contributed by atoms with Crippen LogP contribution in [0.4, 0.5) is 0 Å². The van der Waals surface area contributed by atoms with E-state index in [1.54, 1.807) is 10.4 Å². The third kappa shape index (κ3) is 7.73. The summed E-state index contributed by atoms with van der Waals surface area (Å²) in [4.78, 5) is 0. The Bertz CT molecular complexity index is 2000. The van der Waals surface area contributed by atoms with Crippen molar-refractivity contribution in [2.75, 3.05) is 0 Å². The molecule has 0 bridgehead atoms. The van der Waals surface area contributed by atoms with Gasteiger partial charge in [0.1, 0.15) is 0 Å². The largest absolute Gasteiger partial charge is 0.175 e. The molecule has 4 aromatic rings. The van der Waals surface area contributed by atoms with E-state index in [0.717, 1.165) is 6.42 Å². The normalized spacial score (nSPS) is 14.1. The van der Waals surface area contributed by atoms with Crippen LogP contribution in [0.1, 0.15) is 122 Å². The van der Waals surface area contributed by atoms with E-state index in [9.17, 15) is 0 Å². The number of benzene rings is 4. The van der Waals surface area contributed by atoms with Crippen LogP contribution >= 0.6 is 0 Å². The molecule has 54 heavy (non-hydrogen) atoms. The first kappa shape index (κ1) is 42.5. The van der Waals surface area contributed by atoms with Gasteiger partial charge in [0.2, 0.25) is 0 Å². The summed E-state index contributed by atoms with van der Waals surface area (Å²) in [5.41, 5.74) is 16.4. The molecule has 2 aliphatic rings. The molecule has 6 rings (SSSR count). The topological polar surface area (TPSA) is 0 Å². The maximum Gasteiger partial charge on any atom is 0.0859 e. The zero-order chi connectivity index (χ0) is 38.3. The summed E-state index contributed by atoms with van der Waals surface area (Å²) in [6, 6.07) is 41.1. The van der Waals surface area contributed by atoms with Crippen molar-refractivity contribution < 1.29 is 25.8 Å². The molecule has 0 spiro atoms. The van der Waals surface area contributed by atoms with Gasteiger partial charge in [0, 0.05) is 25.8 Å². The van der Waals surface area contributed by atoms with Gasteiger partial charge in [-0.1, -0.05) is 226 Å². The minimum atomic E-state index is -1.60. The summed E-state index contributed by atoms with van der Waals surface area (Å²) >= 11 is 0. The predicted molar refractivity (Wildman–Crippen MR) is 241 cm³/mol. The third-order valence-electron chi connectivity index (χ3n) is 13.5. The fourth-order valence-corrected chi connectivity index (χ4v) is 16.8. The van der Waals surface area contributed by atoms with E-state index in [0.29, 0.717) is 0 Å². The SMILES string of the molecule is CC[Si](CC)(CC)c1cccc(C(=C2C=CC=C2c2cc3c([c-]c2C(C)(C)C)Cc2cc(C(C)(C)C)ccc2-3)c2cccc([Si](CC)(CC)CC)c2)c1.[Hf]. The van der Waals surface area contributed by atoms with Gasteiger partial charge in [-0.3, -0.25) is 0 Å². The smallest absolute Gasteiger partial charge is 0.0859 e. The van der Waals surface area contributed by atoms with Gasteiger partial charge in [-0.05, 0) is 50.7 Å². The zero-order valence-electron chi connectivity index (χ0n) is 35.6. The van der Waals surface area contributed by atoms with Crippen molar-refractivity contribution in [1.29, 1.82) is 0 Å². The van der Waals surface area contributed by atoms with E-state index in [4.69, 9.17) is 0 Å². The van der Waals surface area contributed by atoms with Gasteiger partial charge in [0.05, 0.1) is 16.1 Å². The fraction of sp³-hybridized carbons (Fsp3) is 0.412. The predicted octanol–water partition coefficient (Wildman–Crippen LogP) is 13.5. The molecule has 282 valence electrons. The minimum absolute atomic E-state index is 0. The molecule has 2 aliphatic carbocycles. The van der Waals surface area contributed by atoms with E-state index >= 15 is 0 Å². The monoisotopic (exact) mass is 913 g/mol. The second-order valence-corrected chi connectivity index (χ2v) is 28.6. The van der Waals surface area contributed by atoms with Crippen molar-refractivity contribution in [1.82, 2.24) is 0 Å². The van der Waals surface area contributed by atoms with Gasteiger partial charge in [0.15, 0.2) is 0 Å². The van der Waals surface area contributed by atoms with E-state index in [-0.39, 0.29) is 36.7 Å². The Hall–Kier alpha value is -2.60. The molecule has 3 heteroatoms. The molecular weight excluding hydrogens is 847 g/mol. The summed E-state index contributed by atoms with van der Waals surface area (Å²) in [7, 11) is -3.20. The summed E-state index contributed by atoms with van der Waals surface area (Å²) in [6.07, 6.45) is 8.05. The van der Waals surface area contributed by atoms with Crippen LogP contribution in [0.25, 0.3) is 22.3 Å². The molecule has 0 unspecified atom stereocenters. The maximum atomic E-state index is 4.08. The Morgan fingerprint density at radius 1 is 0.611 bits per heavy atom. The Kier molecular flexibility index (Phi) is 13.0. The maximum absolute atomic E-state index is 4.08. The van der Waals surface area contributed by atoms with Crippen LogP contribution in [-0.4, -0.2) is 16.1 Å². The molecule has 0 aromatic heterocycles. The molecule has 0 fully saturated rings. The van der Waals surface area contributed by atoms with Gasteiger partial charge in [-0.15, -0.1) is 22.3 Å². The van der Waals surface area contributed by atoms with Crippen LogP contribution in [0.2, 0.25) is 36.3 Å². The summed E-state index contributed by atoms with van der Waals surface area (Å²) < 4.78 is 0. The summed E-state index contributed by atoms with van der Waals surface area (Å²) in [5, 5.41) is 3.22. The Morgan fingerprint density at radius 3 is 1.63 bits per heavy atom. The van der Waals surface area contributed by atoms with E-state index < -0.39 is 16.1 Å². The number of rotatable bonds is 11. The minimum Gasteiger partial charge on any atom is -0.175 e. The molecule has 0 saturated heterocycles. The van der Waals surface area contributed by atoms with Crippen LogP contribution in [0.5, 0.6) is 0 Å². The first-order valence-electron chi connectivity index (χ1n) is 20.8. The van der Waals surface area contributed by atoms with Crippen molar-refractivity contribution >= 4 is 37.7 Å². The van der Waals surface area contributed by atoms with Crippen LogP contribution in [-0.2, 0) is 43.1 Å². The molecular formula is C51H65HfSi2-. The molecule has 4 aromatic carbocycles. The van der Waals surface area contributed by atoms with Crippen LogP contribution in [0.3, 0.4) is 0 Å². The number of fused-ring (bicyclic) bond motifs is 3. The summed E-state index contributed by atoms with van der Waals surface area (Å²) in [5.74, 6) is 0. The van der Waals surface area contributed by atoms with E-state index in [1.807, 2.05) is 0 Å². The van der Waals surface area contributed by atoms with Gasteiger partial charge >= 0.3 is 0 Å². The average molecular weight is 913 g/mol. The third-order valence-corrected chi connectivity index (χ3v) is 24.7. The Morgan fingerprint density at radius 2 is 1.15 bits per heavy atom. The molecule has 0 amide bonds. The van der Waals surface area contributed by atoms with Gasteiger partial charge in [-0.25, -0.2) is 0 Å². The first-order chi connectivity index (χ1) is 25.2. The molecule has 0 heterocycles. The Labute approximate surface area is 350 Å². The van der Waals surface area contributed by atoms with Crippen molar-refractivity contribution in [2.24, 2.45) is 0 Å². The molecule has 0 saturated carbocycles. The fourth-order valence-electron chi connectivity index (χ4n) is 9.52. The standard InChI is InChI=1S/C51H65Si2.Hf/c1-13-52(14-2,15-3)41-24-19-22-36(32-41)49(37-23-20-25-42(33-37)53(16-4,17-5)18-6)45-27-21-26-44(45)47-35-46-39(34-48(47)51(10,11)12)30-38-31-40(50(7,8)9)28-29-43(38)46;/h19-29,31-33,35H,13-18,30H2,1-12H3;/q-1;. The number of hydrogen-bond acceptors (Lipinski definition) is 0. The summed E-state index contributed by atoms with van der Waals surface area (Å²) in [6.45, 7) is 28.6. The molecule has 0 aliphatic heterocycles. The van der Waals surface area contributed by atoms with Crippen molar-refractivity contribution in [2.45, 2.75) is 137 Å². The van der Waals surface area contributed by atoms with Crippen molar-refractivity contribution in [3.05, 3.63) is 142 Å². The van der Waals surface area contributed by atoms with Crippen LogP contribution in [0, 0.1) is 6.07 Å². The average Bonchev–Trinajstić information content (AvgIpc) is 3.77. The molecule has 0 nitrogen and oxygen atoms in total. The van der Waals surface area contributed by atoms with Crippen LogP contribution < -0.4 is 10.4 Å². The van der Waals surface area contributed by atoms with E-state index in [1.165, 1.54) is 103 Å². The number of hydrogen-bond donors (Lipinski definition) is 0. The molecule has 0 N–H and O–H groups in total. The van der Waals surface area contributed by atoms with E-state index in [2.05, 4.69) is 180 Å². The molecule has 0 atom stereocenters. The second kappa shape index (κ2) is 16.5. The molecule has 0 radical (unpaired) electrons.